The molecule has 25 heavy (non-hydrogen) atoms. The van der Waals surface area contributed by atoms with Gasteiger partial charge in [0.05, 0.1) is 12.8 Å². The van der Waals surface area contributed by atoms with Crippen molar-refractivity contribution in [1.29, 1.82) is 0 Å². The Kier molecular flexibility index (Phi) is 2.83. The zero-order valence-corrected chi connectivity index (χ0v) is 14.0. The zero-order chi connectivity index (χ0) is 17.1. The maximum Gasteiger partial charge on any atom is 0.231 e. The molecule has 0 aromatic heterocycles. The van der Waals surface area contributed by atoms with Crippen LogP contribution in [-0.4, -0.2) is 31.0 Å². The van der Waals surface area contributed by atoms with Gasteiger partial charge in [-0.25, -0.2) is 0 Å². The number of aromatic hydroxyl groups is 1. The van der Waals surface area contributed by atoms with E-state index in [4.69, 9.17) is 14.2 Å². The van der Waals surface area contributed by atoms with Crippen molar-refractivity contribution in [3.8, 4) is 23.0 Å². The lowest BCUT2D eigenvalue weighted by molar-refractivity contribution is 0.174. The molecular weight excluding hydrogens is 318 g/mol. The first kappa shape index (κ1) is 14.3. The van der Waals surface area contributed by atoms with Gasteiger partial charge in [0.15, 0.2) is 23.0 Å². The van der Waals surface area contributed by atoms with Gasteiger partial charge in [0.25, 0.3) is 0 Å². The highest BCUT2D eigenvalue weighted by molar-refractivity contribution is 5.94. The van der Waals surface area contributed by atoms with Gasteiger partial charge >= 0.3 is 0 Å². The summed E-state index contributed by atoms with van der Waals surface area (Å²) in [5.74, 6) is 2.23. The second-order valence-corrected chi connectivity index (χ2v) is 6.35. The molecule has 0 unspecified atom stereocenters. The third-order valence-electron chi connectivity index (χ3n) is 5.01. The maximum atomic E-state index is 10.5. The second-order valence-electron chi connectivity index (χ2n) is 6.35. The SMILES string of the molecule is COc1ccc2c(c1O)=CN(C)C1=c3cc4c(cc3=CCC=21)OCO4. The van der Waals surface area contributed by atoms with Gasteiger partial charge in [0.1, 0.15) is 0 Å². The van der Waals surface area contributed by atoms with Crippen LogP contribution in [-0.2, 0) is 0 Å². The van der Waals surface area contributed by atoms with Gasteiger partial charge < -0.3 is 24.2 Å². The van der Waals surface area contributed by atoms with Gasteiger partial charge in [-0.2, -0.15) is 0 Å². The minimum atomic E-state index is 0.176. The van der Waals surface area contributed by atoms with Crippen molar-refractivity contribution in [2.24, 2.45) is 0 Å². The molecule has 0 amide bonds. The van der Waals surface area contributed by atoms with Gasteiger partial charge in [0, 0.05) is 23.7 Å². The van der Waals surface area contributed by atoms with Crippen LogP contribution in [0.2, 0.25) is 0 Å². The Bertz CT molecular complexity index is 1160. The van der Waals surface area contributed by atoms with E-state index >= 15 is 0 Å². The van der Waals surface area contributed by atoms with Gasteiger partial charge in [0.2, 0.25) is 6.79 Å². The van der Waals surface area contributed by atoms with E-state index in [0.29, 0.717) is 5.75 Å². The van der Waals surface area contributed by atoms with Gasteiger partial charge in [-0.05, 0) is 46.7 Å². The summed E-state index contributed by atoms with van der Waals surface area (Å²) in [6, 6.07) is 7.91. The standard InChI is InChI=1S/C20H17NO4/c1-21-9-15-12(5-6-16(23-2)20(15)22)13-4-3-11-7-17-18(25-10-24-17)8-14(11)19(13)21/h3,5-9,22H,4,10H2,1-2H3. The maximum absolute atomic E-state index is 10.5. The highest BCUT2D eigenvalue weighted by Crippen LogP contribution is 2.31. The molecule has 0 saturated heterocycles. The van der Waals surface area contributed by atoms with Crippen LogP contribution in [0.4, 0.5) is 0 Å². The fraction of sp³-hybridized carbons (Fsp3) is 0.200. The molecule has 0 fully saturated rings. The van der Waals surface area contributed by atoms with E-state index in [1.807, 2.05) is 37.5 Å². The summed E-state index contributed by atoms with van der Waals surface area (Å²) in [5.41, 5.74) is 2.32. The Morgan fingerprint density at radius 2 is 1.92 bits per heavy atom. The van der Waals surface area contributed by atoms with E-state index in [9.17, 15) is 5.11 Å². The quantitative estimate of drug-likeness (QED) is 0.792. The first-order chi connectivity index (χ1) is 12.2. The molecule has 2 aliphatic heterocycles. The smallest absolute Gasteiger partial charge is 0.231 e. The Hall–Kier alpha value is -3.08. The Morgan fingerprint density at radius 3 is 2.72 bits per heavy atom. The molecule has 2 aromatic carbocycles. The molecule has 0 saturated carbocycles. The number of rotatable bonds is 1. The van der Waals surface area contributed by atoms with Gasteiger partial charge in [-0.1, -0.05) is 6.08 Å². The summed E-state index contributed by atoms with van der Waals surface area (Å²) in [6.45, 7) is 0.266. The lowest BCUT2D eigenvalue weighted by Crippen LogP contribution is -2.42. The van der Waals surface area contributed by atoms with Crippen LogP contribution >= 0.6 is 0 Å². The average molecular weight is 335 g/mol. The van der Waals surface area contributed by atoms with Crippen LogP contribution in [0.1, 0.15) is 6.42 Å². The van der Waals surface area contributed by atoms with Gasteiger partial charge in [-0.15, -0.1) is 0 Å². The molecule has 0 atom stereocenters. The van der Waals surface area contributed by atoms with Crippen LogP contribution < -0.4 is 35.1 Å². The number of hydrogen-bond acceptors (Lipinski definition) is 5. The van der Waals surface area contributed by atoms with Crippen molar-refractivity contribution in [3.05, 3.63) is 45.1 Å². The normalized spacial score (nSPS) is 16.5. The number of ether oxygens (including phenoxy) is 3. The zero-order valence-electron chi connectivity index (χ0n) is 14.0. The molecule has 2 heterocycles. The predicted molar refractivity (Wildman–Crippen MR) is 93.8 cm³/mol. The van der Waals surface area contributed by atoms with Crippen LogP contribution in [0.25, 0.3) is 23.5 Å². The molecule has 1 N–H and O–H groups in total. The lowest BCUT2D eigenvalue weighted by atomic mass is 9.93. The van der Waals surface area contributed by atoms with Crippen molar-refractivity contribution in [1.82, 2.24) is 4.90 Å². The van der Waals surface area contributed by atoms with E-state index in [0.717, 1.165) is 44.5 Å². The van der Waals surface area contributed by atoms with Crippen molar-refractivity contribution < 1.29 is 19.3 Å². The van der Waals surface area contributed by atoms with Crippen LogP contribution in [0.5, 0.6) is 23.0 Å². The van der Waals surface area contributed by atoms with Crippen molar-refractivity contribution in [3.63, 3.8) is 0 Å². The number of phenols is 1. The predicted octanol–water partition coefficient (Wildman–Crippen LogP) is -0.0438. The molecule has 5 heteroatoms. The van der Waals surface area contributed by atoms with E-state index in [-0.39, 0.29) is 12.5 Å². The molecule has 0 bridgehead atoms. The molecule has 0 spiro atoms. The van der Waals surface area contributed by atoms with Crippen LogP contribution in [0, 0.1) is 0 Å². The lowest BCUT2D eigenvalue weighted by Gasteiger charge is -2.27. The van der Waals surface area contributed by atoms with E-state index in [2.05, 4.69) is 11.0 Å². The molecule has 0 radical (unpaired) electrons. The largest absolute Gasteiger partial charge is 0.504 e. The third-order valence-corrected chi connectivity index (χ3v) is 5.01. The summed E-state index contributed by atoms with van der Waals surface area (Å²) >= 11 is 0. The Balaban J connectivity index is 1.90. The molecule has 5 nitrogen and oxygen atoms in total. The van der Waals surface area contributed by atoms with Crippen molar-refractivity contribution in [2.75, 3.05) is 21.0 Å². The molecule has 1 aliphatic carbocycles. The third kappa shape index (κ3) is 1.89. The number of fused-ring (bicyclic) bond motifs is 4. The first-order valence-electron chi connectivity index (χ1n) is 8.16. The summed E-state index contributed by atoms with van der Waals surface area (Å²) < 4.78 is 16.3. The number of benzene rings is 2. The van der Waals surface area contributed by atoms with Crippen LogP contribution in [0.3, 0.4) is 0 Å². The fourth-order valence-corrected chi connectivity index (χ4v) is 3.85. The molecular formula is C20H17NO4. The summed E-state index contributed by atoms with van der Waals surface area (Å²) in [7, 11) is 3.56. The fourth-order valence-electron chi connectivity index (χ4n) is 3.85. The molecule has 2 aromatic rings. The average Bonchev–Trinajstić information content (AvgIpc) is 3.07. The topological polar surface area (TPSA) is 51.2 Å². The van der Waals surface area contributed by atoms with Crippen molar-refractivity contribution in [2.45, 2.75) is 6.42 Å². The minimum absolute atomic E-state index is 0.176. The van der Waals surface area contributed by atoms with Crippen LogP contribution in [0.15, 0.2) is 24.3 Å². The minimum Gasteiger partial charge on any atom is -0.504 e. The van der Waals surface area contributed by atoms with E-state index < -0.39 is 0 Å². The number of hydrogen-bond donors (Lipinski definition) is 1. The molecule has 126 valence electrons. The van der Waals surface area contributed by atoms with Crippen molar-refractivity contribution >= 4 is 23.5 Å². The number of nitrogens with zero attached hydrogens (tertiary/aromatic N) is 1. The summed E-state index contributed by atoms with van der Waals surface area (Å²) in [5, 5.41) is 14.6. The van der Waals surface area contributed by atoms with E-state index in [1.54, 1.807) is 7.11 Å². The second kappa shape index (κ2) is 4.96. The number of phenolic OH excluding ortho intramolecular Hbond substituents is 1. The molecule has 5 rings (SSSR count). The first-order valence-corrected chi connectivity index (χ1v) is 8.16. The monoisotopic (exact) mass is 335 g/mol. The van der Waals surface area contributed by atoms with E-state index in [1.165, 1.54) is 5.57 Å². The number of methoxy groups -OCH3 is 1. The summed E-state index contributed by atoms with van der Waals surface area (Å²) in [6.07, 6.45) is 4.94. The highest BCUT2D eigenvalue weighted by atomic mass is 16.7. The Morgan fingerprint density at radius 1 is 1.12 bits per heavy atom. The van der Waals surface area contributed by atoms with Gasteiger partial charge in [-0.3, -0.25) is 0 Å². The summed E-state index contributed by atoms with van der Waals surface area (Å²) in [4.78, 5) is 2.06. The Labute approximate surface area is 144 Å². The highest BCUT2D eigenvalue weighted by Gasteiger charge is 2.22. The molecule has 3 aliphatic rings.